The van der Waals surface area contributed by atoms with Crippen molar-refractivity contribution < 1.29 is 14.3 Å². The Labute approximate surface area is 169 Å². The van der Waals surface area contributed by atoms with E-state index in [2.05, 4.69) is 15.6 Å². The number of methoxy groups -OCH3 is 1. The molecule has 0 aliphatic heterocycles. The van der Waals surface area contributed by atoms with Gasteiger partial charge in [-0.05, 0) is 49.2 Å². The van der Waals surface area contributed by atoms with Crippen molar-refractivity contribution in [2.24, 2.45) is 0 Å². The lowest BCUT2D eigenvalue weighted by Gasteiger charge is -2.11. The number of carbonyl (C=O) groups excluding carboxylic acids is 2. The van der Waals surface area contributed by atoms with Crippen LogP contribution in [0, 0.1) is 13.8 Å². The van der Waals surface area contributed by atoms with E-state index in [9.17, 15) is 9.59 Å². The van der Waals surface area contributed by atoms with Crippen molar-refractivity contribution in [2.75, 3.05) is 12.4 Å². The molecular weight excluding hydrogens is 366 g/mol. The van der Waals surface area contributed by atoms with E-state index in [0.29, 0.717) is 17.9 Å². The summed E-state index contributed by atoms with van der Waals surface area (Å²) in [6, 6.07) is 16.2. The predicted octanol–water partition coefficient (Wildman–Crippen LogP) is 3.89. The number of rotatable bonds is 6. The molecule has 0 saturated heterocycles. The third-order valence-corrected chi connectivity index (χ3v) is 4.74. The lowest BCUT2D eigenvalue weighted by Crippen LogP contribution is -2.24. The first kappa shape index (κ1) is 20.1. The molecule has 6 nitrogen and oxygen atoms in total. The van der Waals surface area contributed by atoms with Gasteiger partial charge in [0.15, 0.2) is 0 Å². The Bertz CT molecular complexity index is 1050. The van der Waals surface area contributed by atoms with Gasteiger partial charge in [0.2, 0.25) is 0 Å². The van der Waals surface area contributed by atoms with Gasteiger partial charge in [-0.15, -0.1) is 0 Å². The van der Waals surface area contributed by atoms with Crippen LogP contribution in [0.25, 0.3) is 0 Å². The molecule has 2 aromatic carbocycles. The number of pyridine rings is 1. The smallest absolute Gasteiger partial charge is 0.274 e. The first-order valence-electron chi connectivity index (χ1n) is 9.23. The molecule has 0 saturated carbocycles. The first-order chi connectivity index (χ1) is 14.0. The number of para-hydroxylation sites is 1. The highest BCUT2D eigenvalue weighted by atomic mass is 16.5. The highest BCUT2D eigenvalue weighted by molar-refractivity contribution is 6.05. The Morgan fingerprint density at radius 2 is 1.79 bits per heavy atom. The summed E-state index contributed by atoms with van der Waals surface area (Å²) in [5, 5.41) is 5.70. The van der Waals surface area contributed by atoms with Crippen LogP contribution in [0.2, 0.25) is 0 Å². The summed E-state index contributed by atoms with van der Waals surface area (Å²) >= 11 is 0. The number of hydrogen-bond donors (Lipinski definition) is 2. The van der Waals surface area contributed by atoms with Gasteiger partial charge < -0.3 is 15.4 Å². The zero-order valence-electron chi connectivity index (χ0n) is 16.7. The second-order valence-corrected chi connectivity index (χ2v) is 6.63. The molecule has 29 heavy (non-hydrogen) atoms. The Morgan fingerprint density at radius 3 is 2.59 bits per heavy atom. The van der Waals surface area contributed by atoms with Gasteiger partial charge in [-0.25, -0.2) is 0 Å². The standard InChI is InChI=1S/C23H23N3O3/c1-15-7-6-9-19(16(15)2)26-23(28)20-13-17(11-12-24-20)22(27)25-14-18-8-4-5-10-21(18)29-3/h4-13H,14H2,1-3H3,(H,25,27)(H,26,28). The van der Waals surface area contributed by atoms with E-state index in [1.54, 1.807) is 13.2 Å². The first-order valence-corrected chi connectivity index (χ1v) is 9.23. The maximum atomic E-state index is 12.6. The number of aromatic nitrogens is 1. The number of ether oxygens (including phenoxy) is 1. The fourth-order valence-corrected chi connectivity index (χ4v) is 2.90. The number of anilines is 1. The van der Waals surface area contributed by atoms with Gasteiger partial charge in [-0.2, -0.15) is 0 Å². The minimum Gasteiger partial charge on any atom is -0.496 e. The summed E-state index contributed by atoms with van der Waals surface area (Å²) in [6.45, 7) is 4.24. The van der Waals surface area contributed by atoms with Crippen molar-refractivity contribution in [3.05, 3.63) is 88.7 Å². The largest absolute Gasteiger partial charge is 0.496 e. The van der Waals surface area contributed by atoms with Crippen molar-refractivity contribution in [1.29, 1.82) is 0 Å². The van der Waals surface area contributed by atoms with Gasteiger partial charge in [-0.3, -0.25) is 14.6 Å². The Kier molecular flexibility index (Phi) is 6.24. The van der Waals surface area contributed by atoms with Crippen LogP contribution >= 0.6 is 0 Å². The minimum absolute atomic E-state index is 0.177. The molecule has 2 N–H and O–H groups in total. The zero-order valence-corrected chi connectivity index (χ0v) is 16.7. The molecular formula is C23H23N3O3. The van der Waals surface area contributed by atoms with Crippen molar-refractivity contribution in [3.8, 4) is 5.75 Å². The monoisotopic (exact) mass is 389 g/mol. The summed E-state index contributed by atoms with van der Waals surface area (Å²) in [7, 11) is 1.59. The molecule has 0 fully saturated rings. The van der Waals surface area contributed by atoms with Gasteiger partial charge in [0.25, 0.3) is 11.8 Å². The topological polar surface area (TPSA) is 80.3 Å². The molecule has 3 aromatic rings. The van der Waals surface area contributed by atoms with Crippen molar-refractivity contribution >= 4 is 17.5 Å². The summed E-state index contributed by atoms with van der Waals surface area (Å²) in [5.74, 6) is 0.0493. The molecule has 0 radical (unpaired) electrons. The highest BCUT2D eigenvalue weighted by Gasteiger charge is 2.14. The van der Waals surface area contributed by atoms with Crippen LogP contribution in [-0.2, 0) is 6.54 Å². The van der Waals surface area contributed by atoms with Crippen molar-refractivity contribution in [1.82, 2.24) is 10.3 Å². The van der Waals surface area contributed by atoms with Gasteiger partial charge in [0, 0.05) is 29.6 Å². The molecule has 0 aliphatic carbocycles. The lowest BCUT2D eigenvalue weighted by molar-refractivity contribution is 0.0950. The molecule has 148 valence electrons. The van der Waals surface area contributed by atoms with Gasteiger partial charge in [-0.1, -0.05) is 30.3 Å². The maximum absolute atomic E-state index is 12.6. The van der Waals surface area contributed by atoms with Gasteiger partial charge in [0.1, 0.15) is 11.4 Å². The van der Waals surface area contributed by atoms with E-state index < -0.39 is 0 Å². The average molecular weight is 389 g/mol. The number of benzene rings is 2. The third kappa shape index (κ3) is 4.79. The van der Waals surface area contributed by atoms with Crippen molar-refractivity contribution in [3.63, 3.8) is 0 Å². The van der Waals surface area contributed by atoms with Crippen molar-refractivity contribution in [2.45, 2.75) is 20.4 Å². The van der Waals surface area contributed by atoms with E-state index in [-0.39, 0.29) is 17.5 Å². The SMILES string of the molecule is COc1ccccc1CNC(=O)c1ccnc(C(=O)Nc2cccc(C)c2C)c1. The number of amides is 2. The van der Waals surface area contributed by atoms with Crippen LogP contribution in [0.5, 0.6) is 5.75 Å². The van der Waals surface area contributed by atoms with E-state index in [0.717, 1.165) is 22.4 Å². The highest BCUT2D eigenvalue weighted by Crippen LogP contribution is 2.19. The van der Waals surface area contributed by atoms with Crippen LogP contribution in [0.15, 0.2) is 60.8 Å². The molecule has 1 aromatic heterocycles. The van der Waals surface area contributed by atoms with Crippen LogP contribution in [0.4, 0.5) is 5.69 Å². The van der Waals surface area contributed by atoms with Gasteiger partial charge >= 0.3 is 0 Å². The molecule has 1 heterocycles. The molecule has 3 rings (SSSR count). The lowest BCUT2D eigenvalue weighted by atomic mass is 10.1. The molecule has 0 unspecified atom stereocenters. The molecule has 0 aliphatic rings. The number of aryl methyl sites for hydroxylation is 1. The summed E-state index contributed by atoms with van der Waals surface area (Å²) < 4.78 is 5.29. The summed E-state index contributed by atoms with van der Waals surface area (Å²) in [5.41, 5.74) is 4.21. The number of nitrogens with one attached hydrogen (secondary N) is 2. The van der Waals surface area contributed by atoms with Gasteiger partial charge in [0.05, 0.1) is 7.11 Å². The number of nitrogens with zero attached hydrogens (tertiary/aromatic N) is 1. The Morgan fingerprint density at radius 1 is 1.00 bits per heavy atom. The second kappa shape index (κ2) is 9.01. The molecule has 0 atom stereocenters. The second-order valence-electron chi connectivity index (χ2n) is 6.63. The maximum Gasteiger partial charge on any atom is 0.274 e. The normalized spacial score (nSPS) is 10.3. The molecule has 2 amide bonds. The van der Waals surface area contributed by atoms with Crippen LogP contribution < -0.4 is 15.4 Å². The summed E-state index contributed by atoms with van der Waals surface area (Å²) in [4.78, 5) is 29.2. The quantitative estimate of drug-likeness (QED) is 0.670. The molecule has 0 bridgehead atoms. The Balaban J connectivity index is 1.70. The van der Waals surface area contributed by atoms with E-state index in [1.165, 1.54) is 12.3 Å². The number of carbonyl (C=O) groups is 2. The van der Waals surface area contributed by atoms with Crippen LogP contribution in [0.1, 0.15) is 37.5 Å². The molecule has 0 spiro atoms. The van der Waals surface area contributed by atoms with E-state index in [4.69, 9.17) is 4.74 Å². The third-order valence-electron chi connectivity index (χ3n) is 4.74. The molecule has 6 heteroatoms. The van der Waals surface area contributed by atoms with E-state index >= 15 is 0 Å². The number of hydrogen-bond acceptors (Lipinski definition) is 4. The van der Waals surface area contributed by atoms with Crippen LogP contribution in [0.3, 0.4) is 0 Å². The fourth-order valence-electron chi connectivity index (χ4n) is 2.90. The fraction of sp³-hybridized carbons (Fsp3) is 0.174. The van der Waals surface area contributed by atoms with E-state index in [1.807, 2.05) is 56.3 Å². The zero-order chi connectivity index (χ0) is 20.8. The summed E-state index contributed by atoms with van der Waals surface area (Å²) in [6.07, 6.45) is 1.45. The Hall–Kier alpha value is -3.67. The predicted molar refractivity (Wildman–Crippen MR) is 112 cm³/mol. The minimum atomic E-state index is -0.363. The van der Waals surface area contributed by atoms with Crippen LogP contribution in [-0.4, -0.2) is 23.9 Å². The average Bonchev–Trinajstić information content (AvgIpc) is 2.75.